The zero-order valence-electron chi connectivity index (χ0n) is 18.8. The van der Waals surface area contributed by atoms with Crippen LogP contribution in [-0.4, -0.2) is 66.1 Å². The number of carbonyl (C=O) groups excluding carboxylic acids is 2. The van der Waals surface area contributed by atoms with Gasteiger partial charge in [0.1, 0.15) is 12.3 Å². The number of amides is 2. The maximum atomic E-state index is 12.7. The largest absolute Gasteiger partial charge is 0.494 e. The van der Waals surface area contributed by atoms with Crippen LogP contribution in [0.5, 0.6) is 11.5 Å². The quantitative estimate of drug-likeness (QED) is 0.667. The van der Waals surface area contributed by atoms with Crippen LogP contribution in [0.3, 0.4) is 0 Å². The van der Waals surface area contributed by atoms with Crippen LogP contribution in [0, 0.1) is 0 Å². The molecule has 2 amide bonds. The van der Waals surface area contributed by atoms with Gasteiger partial charge in [0.2, 0.25) is 17.2 Å². The number of anilines is 1. The van der Waals surface area contributed by atoms with E-state index >= 15 is 0 Å². The molecule has 9 nitrogen and oxygen atoms in total. The molecule has 3 rings (SSSR count). The Hall–Kier alpha value is -3.33. The summed E-state index contributed by atoms with van der Waals surface area (Å²) in [5, 5.41) is 2.87. The molecule has 0 atom stereocenters. The fourth-order valence-corrected chi connectivity index (χ4v) is 3.64. The van der Waals surface area contributed by atoms with E-state index in [1.807, 2.05) is 11.8 Å². The molecular formula is C23H30N4O5. The van der Waals surface area contributed by atoms with Gasteiger partial charge in [-0.05, 0) is 31.2 Å². The highest BCUT2D eigenvalue weighted by Gasteiger charge is 2.20. The fourth-order valence-electron chi connectivity index (χ4n) is 3.64. The molecule has 1 fully saturated rings. The lowest BCUT2D eigenvalue weighted by Gasteiger charge is -2.34. The minimum absolute atomic E-state index is 0.0343. The topological polar surface area (TPSA) is 93.1 Å². The van der Waals surface area contributed by atoms with Crippen LogP contribution in [0.25, 0.3) is 0 Å². The van der Waals surface area contributed by atoms with Gasteiger partial charge in [-0.15, -0.1) is 0 Å². The van der Waals surface area contributed by atoms with Crippen LogP contribution >= 0.6 is 0 Å². The van der Waals surface area contributed by atoms with E-state index in [1.165, 1.54) is 13.2 Å². The molecule has 0 spiro atoms. The third kappa shape index (κ3) is 6.10. The number of piperazine rings is 1. The standard InChI is InChI=1S/C23H30N4O5/c1-4-32-20-7-5-18(6-8-20)24-23(30)16-27-15-22(31-3)21(29)13-19(27)14-25-9-11-26(12-10-25)17(2)28/h5-8,13,15H,4,9-12,14,16H2,1-3H3,(H,24,30). The number of nitrogens with zero attached hydrogens (tertiary/aromatic N) is 3. The summed E-state index contributed by atoms with van der Waals surface area (Å²) in [5.41, 5.74) is 1.15. The molecule has 1 aromatic heterocycles. The van der Waals surface area contributed by atoms with E-state index in [1.54, 1.807) is 42.0 Å². The summed E-state index contributed by atoms with van der Waals surface area (Å²) in [6.07, 6.45) is 1.57. The van der Waals surface area contributed by atoms with Crippen LogP contribution < -0.4 is 20.2 Å². The van der Waals surface area contributed by atoms with E-state index in [0.717, 1.165) is 5.75 Å². The maximum absolute atomic E-state index is 12.7. The van der Waals surface area contributed by atoms with E-state index in [2.05, 4.69) is 10.2 Å². The van der Waals surface area contributed by atoms with Crippen molar-refractivity contribution in [3.8, 4) is 11.5 Å². The van der Waals surface area contributed by atoms with Crippen LogP contribution in [0.1, 0.15) is 19.5 Å². The highest BCUT2D eigenvalue weighted by atomic mass is 16.5. The van der Waals surface area contributed by atoms with Crippen molar-refractivity contribution in [1.82, 2.24) is 14.4 Å². The highest BCUT2D eigenvalue weighted by molar-refractivity contribution is 5.90. The molecule has 0 bridgehead atoms. The summed E-state index contributed by atoms with van der Waals surface area (Å²) in [7, 11) is 1.43. The summed E-state index contributed by atoms with van der Waals surface area (Å²) in [6.45, 7) is 7.30. The number of carbonyl (C=O) groups is 2. The van der Waals surface area contributed by atoms with Crippen LogP contribution in [0.2, 0.25) is 0 Å². The molecular weight excluding hydrogens is 412 g/mol. The molecule has 0 saturated carbocycles. The number of benzene rings is 1. The summed E-state index contributed by atoms with van der Waals surface area (Å²) >= 11 is 0. The van der Waals surface area contributed by atoms with Gasteiger partial charge in [0.15, 0.2) is 5.75 Å². The molecule has 0 unspecified atom stereocenters. The Bertz CT molecular complexity index is 994. The number of pyridine rings is 1. The van der Waals surface area contributed by atoms with Gasteiger partial charge in [-0.1, -0.05) is 0 Å². The predicted molar refractivity (Wildman–Crippen MR) is 121 cm³/mol. The smallest absolute Gasteiger partial charge is 0.244 e. The van der Waals surface area contributed by atoms with Crippen molar-refractivity contribution in [3.05, 3.63) is 52.4 Å². The lowest BCUT2D eigenvalue weighted by Crippen LogP contribution is -2.47. The molecule has 1 N–H and O–H groups in total. The van der Waals surface area contributed by atoms with Crippen molar-refractivity contribution in [1.29, 1.82) is 0 Å². The van der Waals surface area contributed by atoms with Gasteiger partial charge in [0, 0.05) is 57.1 Å². The SMILES string of the molecule is CCOc1ccc(NC(=O)Cn2cc(OC)c(=O)cc2CN2CCN(C(C)=O)CC2)cc1. The van der Waals surface area contributed by atoms with Crippen molar-refractivity contribution in [3.63, 3.8) is 0 Å². The minimum atomic E-state index is -0.229. The Morgan fingerprint density at radius 3 is 2.38 bits per heavy atom. The molecule has 2 heterocycles. The first-order chi connectivity index (χ1) is 15.4. The molecule has 0 radical (unpaired) electrons. The monoisotopic (exact) mass is 442 g/mol. The number of aromatic nitrogens is 1. The highest BCUT2D eigenvalue weighted by Crippen LogP contribution is 2.16. The second kappa shape index (κ2) is 10.8. The lowest BCUT2D eigenvalue weighted by molar-refractivity contribution is -0.130. The Balaban J connectivity index is 1.71. The summed E-state index contributed by atoms with van der Waals surface area (Å²) < 4.78 is 12.3. The zero-order chi connectivity index (χ0) is 23.1. The molecule has 172 valence electrons. The molecule has 32 heavy (non-hydrogen) atoms. The number of hydrogen-bond acceptors (Lipinski definition) is 6. The van der Waals surface area contributed by atoms with Gasteiger partial charge < -0.3 is 24.3 Å². The first-order valence-corrected chi connectivity index (χ1v) is 10.7. The van der Waals surface area contributed by atoms with Crippen molar-refractivity contribution >= 4 is 17.5 Å². The van der Waals surface area contributed by atoms with E-state index in [9.17, 15) is 14.4 Å². The number of nitrogens with one attached hydrogen (secondary N) is 1. The Labute approximate surface area is 187 Å². The summed E-state index contributed by atoms with van der Waals surface area (Å²) in [5.74, 6) is 0.770. The number of rotatable bonds is 8. The maximum Gasteiger partial charge on any atom is 0.244 e. The van der Waals surface area contributed by atoms with Crippen molar-refractivity contribution in [2.45, 2.75) is 26.9 Å². The Morgan fingerprint density at radius 1 is 1.09 bits per heavy atom. The Kier molecular flexibility index (Phi) is 7.88. The average molecular weight is 443 g/mol. The van der Waals surface area contributed by atoms with Gasteiger partial charge in [-0.25, -0.2) is 0 Å². The van der Waals surface area contributed by atoms with Crippen LogP contribution in [0.15, 0.2) is 41.3 Å². The van der Waals surface area contributed by atoms with E-state index in [-0.39, 0.29) is 29.5 Å². The molecule has 1 saturated heterocycles. The number of methoxy groups -OCH3 is 1. The van der Waals surface area contributed by atoms with Crippen LogP contribution in [-0.2, 0) is 22.7 Å². The molecule has 1 aliphatic rings. The first kappa shape index (κ1) is 23.3. The first-order valence-electron chi connectivity index (χ1n) is 10.7. The molecule has 1 aromatic carbocycles. The summed E-state index contributed by atoms with van der Waals surface area (Å²) in [4.78, 5) is 40.6. The number of hydrogen-bond donors (Lipinski definition) is 1. The van der Waals surface area contributed by atoms with Gasteiger partial charge in [0.25, 0.3) is 0 Å². The summed E-state index contributed by atoms with van der Waals surface area (Å²) in [6, 6.07) is 8.68. The van der Waals surface area contributed by atoms with Gasteiger partial charge in [-0.3, -0.25) is 19.3 Å². The number of ether oxygens (including phenoxy) is 2. The minimum Gasteiger partial charge on any atom is -0.494 e. The normalized spacial score (nSPS) is 14.2. The fraction of sp³-hybridized carbons (Fsp3) is 0.435. The second-order valence-electron chi connectivity index (χ2n) is 7.61. The van der Waals surface area contributed by atoms with Crippen LogP contribution in [0.4, 0.5) is 5.69 Å². The molecule has 9 heteroatoms. The molecule has 0 aliphatic carbocycles. The third-order valence-electron chi connectivity index (χ3n) is 5.37. The van der Waals surface area contributed by atoms with E-state index < -0.39 is 0 Å². The van der Waals surface area contributed by atoms with Gasteiger partial charge in [-0.2, -0.15) is 0 Å². The van der Waals surface area contributed by atoms with Crippen molar-refractivity contribution < 1.29 is 19.1 Å². The van der Waals surface area contributed by atoms with Crippen molar-refractivity contribution in [2.75, 3.05) is 45.2 Å². The molecule has 1 aliphatic heterocycles. The third-order valence-corrected chi connectivity index (χ3v) is 5.37. The predicted octanol–water partition coefficient (Wildman–Crippen LogP) is 1.56. The zero-order valence-corrected chi connectivity index (χ0v) is 18.8. The average Bonchev–Trinajstić information content (AvgIpc) is 2.77. The molecule has 2 aromatic rings. The van der Waals surface area contributed by atoms with Gasteiger partial charge >= 0.3 is 0 Å². The van der Waals surface area contributed by atoms with Gasteiger partial charge in [0.05, 0.1) is 19.9 Å². The Morgan fingerprint density at radius 2 is 1.78 bits per heavy atom. The van der Waals surface area contributed by atoms with E-state index in [0.29, 0.717) is 50.7 Å². The van der Waals surface area contributed by atoms with Crippen molar-refractivity contribution in [2.24, 2.45) is 0 Å². The van der Waals surface area contributed by atoms with E-state index in [4.69, 9.17) is 9.47 Å². The second-order valence-corrected chi connectivity index (χ2v) is 7.61. The lowest BCUT2D eigenvalue weighted by atomic mass is 10.2.